The van der Waals surface area contributed by atoms with Crippen LogP contribution in [0.4, 0.5) is 0 Å². The Balaban J connectivity index is 2.19. The van der Waals surface area contributed by atoms with Crippen molar-refractivity contribution in [2.45, 2.75) is 33.2 Å². The van der Waals surface area contributed by atoms with Gasteiger partial charge in [-0.3, -0.25) is 0 Å². The second-order valence-corrected chi connectivity index (χ2v) is 6.12. The zero-order valence-electron chi connectivity index (χ0n) is 11.8. The third-order valence-corrected chi connectivity index (χ3v) is 4.28. The minimum atomic E-state index is 0.434. The van der Waals surface area contributed by atoms with Crippen LogP contribution in [0.2, 0.25) is 0 Å². The van der Waals surface area contributed by atoms with Gasteiger partial charge in [-0.1, -0.05) is 20.8 Å². The lowest BCUT2D eigenvalue weighted by atomic mass is 10.0. The molecule has 0 aliphatic rings. The summed E-state index contributed by atoms with van der Waals surface area (Å²) in [6.45, 7) is 7.78. The summed E-state index contributed by atoms with van der Waals surface area (Å²) < 4.78 is 0. The van der Waals surface area contributed by atoms with Crippen LogP contribution in [0.5, 0.6) is 0 Å². The van der Waals surface area contributed by atoms with E-state index in [0.29, 0.717) is 12.0 Å². The van der Waals surface area contributed by atoms with E-state index in [4.69, 9.17) is 0 Å². The van der Waals surface area contributed by atoms with Gasteiger partial charge < -0.3 is 5.32 Å². The maximum absolute atomic E-state index is 4.08. The predicted molar refractivity (Wildman–Crippen MR) is 81.2 cm³/mol. The molecule has 2 rings (SSSR count). The largest absolute Gasteiger partial charge is 0.309 e. The lowest BCUT2D eigenvalue weighted by molar-refractivity contribution is 0.418. The van der Waals surface area contributed by atoms with E-state index >= 15 is 0 Å². The first-order chi connectivity index (χ1) is 9.22. The molecule has 0 amide bonds. The molecule has 2 aromatic rings. The monoisotopic (exact) mass is 275 g/mol. The van der Waals surface area contributed by atoms with Crippen molar-refractivity contribution in [2.75, 3.05) is 6.54 Å². The number of hydrogen-bond donors (Lipinski definition) is 1. The third-order valence-electron chi connectivity index (χ3n) is 3.06. The summed E-state index contributed by atoms with van der Waals surface area (Å²) in [5.41, 5.74) is 1.09. The molecule has 3 nitrogen and oxygen atoms in total. The Kier molecular flexibility index (Phi) is 5.05. The molecule has 0 aromatic carbocycles. The van der Waals surface area contributed by atoms with E-state index in [1.54, 1.807) is 6.33 Å². The fraction of sp³-hybridized carbons (Fsp3) is 0.467. The van der Waals surface area contributed by atoms with Crippen LogP contribution in [-0.2, 0) is 0 Å². The molecular formula is C15H21N3S. The molecule has 0 saturated carbocycles. The van der Waals surface area contributed by atoms with E-state index in [0.717, 1.165) is 18.5 Å². The second kappa shape index (κ2) is 6.78. The Morgan fingerprint density at radius 1 is 1.21 bits per heavy atom. The van der Waals surface area contributed by atoms with Crippen LogP contribution in [0, 0.1) is 5.92 Å². The number of hydrogen-bond acceptors (Lipinski definition) is 4. The minimum Gasteiger partial charge on any atom is -0.309 e. The summed E-state index contributed by atoms with van der Waals surface area (Å²) in [6, 6.07) is 4.82. The van der Waals surface area contributed by atoms with E-state index in [1.165, 1.54) is 9.75 Å². The van der Waals surface area contributed by atoms with Crippen molar-refractivity contribution in [1.29, 1.82) is 0 Å². The highest BCUT2D eigenvalue weighted by atomic mass is 32.1. The summed E-state index contributed by atoms with van der Waals surface area (Å²) in [5, 5.41) is 3.63. The van der Waals surface area contributed by atoms with Crippen molar-refractivity contribution in [1.82, 2.24) is 15.3 Å². The number of rotatable bonds is 6. The van der Waals surface area contributed by atoms with Crippen LogP contribution >= 0.6 is 11.3 Å². The topological polar surface area (TPSA) is 37.8 Å². The molecule has 0 bridgehead atoms. The van der Waals surface area contributed by atoms with Crippen molar-refractivity contribution in [3.8, 4) is 10.4 Å². The molecule has 0 saturated heterocycles. The van der Waals surface area contributed by atoms with Gasteiger partial charge in [0.05, 0.1) is 0 Å². The Hall–Kier alpha value is -1.26. The van der Waals surface area contributed by atoms with Gasteiger partial charge in [-0.05, 0) is 31.0 Å². The Labute approximate surface area is 119 Å². The highest BCUT2D eigenvalue weighted by Gasteiger charge is 2.17. The van der Waals surface area contributed by atoms with Gasteiger partial charge in [-0.2, -0.15) is 0 Å². The molecule has 2 heterocycles. The zero-order valence-corrected chi connectivity index (χ0v) is 12.6. The van der Waals surface area contributed by atoms with Crippen molar-refractivity contribution < 1.29 is 0 Å². The summed E-state index contributed by atoms with van der Waals surface area (Å²) >= 11 is 1.83. The molecular weight excluding hydrogens is 254 g/mol. The van der Waals surface area contributed by atoms with Gasteiger partial charge in [0, 0.05) is 33.8 Å². The van der Waals surface area contributed by atoms with Crippen LogP contribution in [0.3, 0.4) is 0 Å². The Morgan fingerprint density at radius 3 is 2.58 bits per heavy atom. The standard InChI is InChI=1S/C15H21N3S/c1-4-7-18-15(11(2)3)14-6-5-13(19-14)12-8-16-10-17-9-12/h5-6,8-11,15,18H,4,7H2,1-3H3. The molecule has 0 radical (unpaired) electrons. The number of nitrogens with zero attached hydrogens (tertiary/aromatic N) is 2. The first-order valence-electron chi connectivity index (χ1n) is 6.81. The third kappa shape index (κ3) is 3.61. The van der Waals surface area contributed by atoms with Gasteiger partial charge >= 0.3 is 0 Å². The van der Waals surface area contributed by atoms with E-state index in [9.17, 15) is 0 Å². The summed E-state index contributed by atoms with van der Waals surface area (Å²) in [5.74, 6) is 0.588. The maximum atomic E-state index is 4.08. The second-order valence-electron chi connectivity index (χ2n) is 5.00. The molecule has 0 spiro atoms. The minimum absolute atomic E-state index is 0.434. The SMILES string of the molecule is CCCNC(c1ccc(-c2cncnc2)s1)C(C)C. The first-order valence-corrected chi connectivity index (χ1v) is 7.62. The molecule has 19 heavy (non-hydrogen) atoms. The number of nitrogens with one attached hydrogen (secondary N) is 1. The zero-order chi connectivity index (χ0) is 13.7. The van der Waals surface area contributed by atoms with Gasteiger partial charge in [0.15, 0.2) is 0 Å². The van der Waals surface area contributed by atoms with Crippen molar-refractivity contribution in [3.05, 3.63) is 35.7 Å². The van der Waals surface area contributed by atoms with Gasteiger partial charge in [-0.25, -0.2) is 9.97 Å². The fourth-order valence-electron chi connectivity index (χ4n) is 2.07. The fourth-order valence-corrected chi connectivity index (χ4v) is 3.30. The maximum Gasteiger partial charge on any atom is 0.115 e. The normalized spacial score (nSPS) is 12.8. The van der Waals surface area contributed by atoms with E-state index in [2.05, 4.69) is 48.2 Å². The number of aromatic nitrogens is 2. The summed E-state index contributed by atoms with van der Waals surface area (Å²) in [4.78, 5) is 10.8. The Morgan fingerprint density at radius 2 is 1.95 bits per heavy atom. The highest BCUT2D eigenvalue weighted by molar-refractivity contribution is 7.15. The molecule has 1 unspecified atom stereocenters. The predicted octanol–water partition coefficient (Wildman–Crippen LogP) is 3.90. The van der Waals surface area contributed by atoms with Gasteiger partial charge in [0.25, 0.3) is 0 Å². The quantitative estimate of drug-likeness (QED) is 0.868. The molecule has 1 atom stereocenters. The summed E-state index contributed by atoms with van der Waals surface area (Å²) in [6.07, 6.45) is 6.46. The molecule has 4 heteroatoms. The molecule has 0 aliphatic carbocycles. The number of thiophene rings is 1. The molecule has 0 aliphatic heterocycles. The van der Waals surface area contributed by atoms with Crippen LogP contribution < -0.4 is 5.32 Å². The van der Waals surface area contributed by atoms with Crippen molar-refractivity contribution >= 4 is 11.3 Å². The first kappa shape index (κ1) is 14.2. The van der Waals surface area contributed by atoms with Gasteiger partial charge in [0.2, 0.25) is 0 Å². The van der Waals surface area contributed by atoms with Gasteiger partial charge in [-0.15, -0.1) is 11.3 Å². The lowest BCUT2D eigenvalue weighted by Crippen LogP contribution is -2.25. The van der Waals surface area contributed by atoms with Crippen LogP contribution in [0.1, 0.15) is 38.1 Å². The van der Waals surface area contributed by atoms with Crippen LogP contribution in [0.25, 0.3) is 10.4 Å². The van der Waals surface area contributed by atoms with Crippen molar-refractivity contribution in [3.63, 3.8) is 0 Å². The van der Waals surface area contributed by atoms with Gasteiger partial charge in [0.1, 0.15) is 6.33 Å². The highest BCUT2D eigenvalue weighted by Crippen LogP contribution is 2.33. The molecule has 2 aromatic heterocycles. The summed E-state index contributed by atoms with van der Waals surface area (Å²) in [7, 11) is 0. The lowest BCUT2D eigenvalue weighted by Gasteiger charge is -2.20. The molecule has 102 valence electrons. The average Bonchev–Trinajstić information content (AvgIpc) is 2.89. The average molecular weight is 275 g/mol. The Bertz CT molecular complexity index is 493. The molecule has 1 N–H and O–H groups in total. The van der Waals surface area contributed by atoms with E-state index < -0.39 is 0 Å². The van der Waals surface area contributed by atoms with Crippen molar-refractivity contribution in [2.24, 2.45) is 5.92 Å². The van der Waals surface area contributed by atoms with E-state index in [1.807, 2.05) is 23.7 Å². The smallest absolute Gasteiger partial charge is 0.115 e. The van der Waals surface area contributed by atoms with Crippen LogP contribution in [-0.4, -0.2) is 16.5 Å². The van der Waals surface area contributed by atoms with E-state index in [-0.39, 0.29) is 0 Å². The van der Waals surface area contributed by atoms with Crippen LogP contribution in [0.15, 0.2) is 30.9 Å². The molecule has 0 fully saturated rings.